The number of ether oxygens (including phenoxy) is 1. The SMILES string of the molecule is CCOC(=O)c1c(-c2ccc(Cl)cc2)nn(-c2ccc([N+](=O)[O-])cc2)c1N. The maximum atomic E-state index is 12.4. The quantitative estimate of drug-likeness (QED) is 0.404. The molecule has 0 radical (unpaired) electrons. The van der Waals surface area contributed by atoms with Gasteiger partial charge >= 0.3 is 5.97 Å². The van der Waals surface area contributed by atoms with E-state index in [1.165, 1.54) is 28.9 Å². The van der Waals surface area contributed by atoms with Crippen LogP contribution in [-0.2, 0) is 4.74 Å². The molecular weight excluding hydrogens is 372 g/mol. The van der Waals surface area contributed by atoms with Crippen LogP contribution in [0.15, 0.2) is 48.5 Å². The van der Waals surface area contributed by atoms with Gasteiger partial charge in [-0.1, -0.05) is 23.7 Å². The van der Waals surface area contributed by atoms with E-state index in [0.717, 1.165) is 0 Å². The predicted molar refractivity (Wildman–Crippen MR) is 101 cm³/mol. The summed E-state index contributed by atoms with van der Waals surface area (Å²) < 4.78 is 6.45. The van der Waals surface area contributed by atoms with Crippen molar-refractivity contribution in [2.24, 2.45) is 0 Å². The zero-order chi connectivity index (χ0) is 19.6. The summed E-state index contributed by atoms with van der Waals surface area (Å²) in [6.07, 6.45) is 0. The Labute approximate surface area is 159 Å². The average molecular weight is 387 g/mol. The summed E-state index contributed by atoms with van der Waals surface area (Å²) >= 11 is 5.93. The molecule has 0 saturated heterocycles. The Bertz CT molecular complexity index is 997. The van der Waals surface area contributed by atoms with E-state index in [1.807, 2.05) is 0 Å². The summed E-state index contributed by atoms with van der Waals surface area (Å²) in [5.41, 5.74) is 7.68. The molecule has 2 N–H and O–H groups in total. The summed E-state index contributed by atoms with van der Waals surface area (Å²) in [6, 6.07) is 12.5. The van der Waals surface area contributed by atoms with Crippen LogP contribution in [-0.4, -0.2) is 27.3 Å². The van der Waals surface area contributed by atoms with Crippen LogP contribution < -0.4 is 5.73 Å². The first kappa shape index (κ1) is 18.4. The number of carbonyl (C=O) groups excluding carboxylic acids is 1. The summed E-state index contributed by atoms with van der Waals surface area (Å²) in [6.45, 7) is 1.87. The molecule has 138 valence electrons. The molecule has 0 aliphatic heterocycles. The highest BCUT2D eigenvalue weighted by molar-refractivity contribution is 6.30. The van der Waals surface area contributed by atoms with Gasteiger partial charge in [0, 0.05) is 22.7 Å². The fourth-order valence-corrected chi connectivity index (χ4v) is 2.68. The summed E-state index contributed by atoms with van der Waals surface area (Å²) in [5.74, 6) is -0.527. The first-order chi connectivity index (χ1) is 12.9. The molecule has 0 aliphatic carbocycles. The van der Waals surface area contributed by atoms with Crippen molar-refractivity contribution in [1.82, 2.24) is 9.78 Å². The number of rotatable bonds is 5. The van der Waals surface area contributed by atoms with Crippen LogP contribution in [0.25, 0.3) is 16.9 Å². The van der Waals surface area contributed by atoms with E-state index in [1.54, 1.807) is 31.2 Å². The standard InChI is InChI=1S/C18H15ClN4O4/c1-2-27-18(24)15-16(11-3-5-12(19)6-4-11)21-22(17(15)20)13-7-9-14(10-8-13)23(25)26/h3-10H,2,20H2,1H3. The highest BCUT2D eigenvalue weighted by Gasteiger charge is 2.25. The Balaban J connectivity index is 2.15. The number of halogens is 1. The van der Waals surface area contributed by atoms with Gasteiger partial charge in [0.2, 0.25) is 0 Å². The number of hydrogen-bond donors (Lipinski definition) is 1. The molecule has 0 amide bonds. The number of nitro benzene ring substituents is 1. The fraction of sp³-hybridized carbons (Fsp3) is 0.111. The number of nitrogens with two attached hydrogens (primary N) is 1. The van der Waals surface area contributed by atoms with E-state index in [4.69, 9.17) is 22.1 Å². The third-order valence-corrected chi connectivity index (χ3v) is 4.08. The number of anilines is 1. The van der Waals surface area contributed by atoms with Crippen molar-refractivity contribution in [2.45, 2.75) is 6.92 Å². The first-order valence-corrected chi connectivity index (χ1v) is 8.36. The van der Waals surface area contributed by atoms with Crippen LogP contribution in [0.5, 0.6) is 0 Å². The van der Waals surface area contributed by atoms with Crippen molar-refractivity contribution in [1.29, 1.82) is 0 Å². The number of hydrogen-bond acceptors (Lipinski definition) is 6. The molecular formula is C18H15ClN4O4. The van der Waals surface area contributed by atoms with Crippen LogP contribution >= 0.6 is 11.6 Å². The molecule has 0 saturated carbocycles. The molecule has 0 fully saturated rings. The minimum Gasteiger partial charge on any atom is -0.462 e. The number of nitro groups is 1. The largest absolute Gasteiger partial charge is 0.462 e. The van der Waals surface area contributed by atoms with Crippen LogP contribution in [0.4, 0.5) is 11.5 Å². The molecule has 1 aromatic heterocycles. The van der Waals surface area contributed by atoms with Gasteiger partial charge in [-0.3, -0.25) is 10.1 Å². The number of esters is 1. The minimum atomic E-state index is -0.604. The second-order valence-electron chi connectivity index (χ2n) is 5.52. The zero-order valence-corrected chi connectivity index (χ0v) is 15.0. The summed E-state index contributed by atoms with van der Waals surface area (Å²) in [5, 5.41) is 15.8. The van der Waals surface area contributed by atoms with Crippen molar-refractivity contribution in [3.63, 3.8) is 0 Å². The predicted octanol–water partition coefficient (Wildman–Crippen LogP) is 3.86. The highest BCUT2D eigenvalue weighted by atomic mass is 35.5. The lowest BCUT2D eigenvalue weighted by molar-refractivity contribution is -0.384. The van der Waals surface area contributed by atoms with Crippen molar-refractivity contribution in [3.8, 4) is 16.9 Å². The molecule has 8 nitrogen and oxygen atoms in total. The van der Waals surface area contributed by atoms with Gasteiger partial charge in [0.1, 0.15) is 17.1 Å². The van der Waals surface area contributed by atoms with Crippen molar-refractivity contribution >= 4 is 29.1 Å². The van der Waals surface area contributed by atoms with Gasteiger partial charge in [-0.05, 0) is 31.2 Å². The maximum absolute atomic E-state index is 12.4. The number of nitrogens with zero attached hydrogens (tertiary/aromatic N) is 3. The van der Waals surface area contributed by atoms with Gasteiger partial charge in [0.25, 0.3) is 5.69 Å². The highest BCUT2D eigenvalue weighted by Crippen LogP contribution is 2.31. The number of nitrogen functional groups attached to an aromatic ring is 1. The molecule has 1 heterocycles. The first-order valence-electron chi connectivity index (χ1n) is 7.98. The molecule has 0 spiro atoms. The van der Waals surface area contributed by atoms with E-state index in [2.05, 4.69) is 5.10 Å². The van der Waals surface area contributed by atoms with Crippen LogP contribution in [0.2, 0.25) is 5.02 Å². The second-order valence-corrected chi connectivity index (χ2v) is 5.96. The number of aromatic nitrogens is 2. The van der Waals surface area contributed by atoms with Crippen LogP contribution in [0.3, 0.4) is 0 Å². The third kappa shape index (κ3) is 3.61. The number of benzene rings is 2. The molecule has 27 heavy (non-hydrogen) atoms. The Kier molecular flexibility index (Phi) is 5.09. The Morgan fingerprint density at radius 3 is 2.41 bits per heavy atom. The Morgan fingerprint density at radius 1 is 1.22 bits per heavy atom. The minimum absolute atomic E-state index is 0.0620. The topological polar surface area (TPSA) is 113 Å². The normalized spacial score (nSPS) is 10.6. The molecule has 0 aliphatic rings. The van der Waals surface area contributed by atoms with Gasteiger partial charge in [-0.25, -0.2) is 9.48 Å². The molecule has 0 bridgehead atoms. The number of non-ortho nitro benzene ring substituents is 1. The third-order valence-electron chi connectivity index (χ3n) is 3.82. The van der Waals surface area contributed by atoms with Crippen molar-refractivity contribution in [2.75, 3.05) is 12.3 Å². The second kappa shape index (κ2) is 7.46. The number of carbonyl (C=O) groups is 1. The van der Waals surface area contributed by atoms with Gasteiger partial charge in [-0.15, -0.1) is 0 Å². The van der Waals surface area contributed by atoms with E-state index < -0.39 is 10.9 Å². The lowest BCUT2D eigenvalue weighted by Gasteiger charge is -2.05. The monoisotopic (exact) mass is 386 g/mol. The van der Waals surface area contributed by atoms with E-state index >= 15 is 0 Å². The van der Waals surface area contributed by atoms with Crippen LogP contribution in [0, 0.1) is 10.1 Å². The van der Waals surface area contributed by atoms with Gasteiger partial charge in [-0.2, -0.15) is 5.10 Å². The molecule has 2 aromatic carbocycles. The Hall–Kier alpha value is -3.39. The van der Waals surface area contributed by atoms with E-state index in [0.29, 0.717) is 22.0 Å². The van der Waals surface area contributed by atoms with Crippen molar-refractivity contribution in [3.05, 3.63) is 69.2 Å². The molecule has 0 atom stereocenters. The maximum Gasteiger partial charge on any atom is 0.344 e. The van der Waals surface area contributed by atoms with Crippen LogP contribution in [0.1, 0.15) is 17.3 Å². The molecule has 3 aromatic rings. The van der Waals surface area contributed by atoms with E-state index in [9.17, 15) is 14.9 Å². The lowest BCUT2D eigenvalue weighted by atomic mass is 10.1. The molecule has 0 unspecified atom stereocenters. The van der Waals surface area contributed by atoms with E-state index in [-0.39, 0.29) is 23.7 Å². The van der Waals surface area contributed by atoms with Crippen molar-refractivity contribution < 1.29 is 14.5 Å². The summed E-state index contributed by atoms with van der Waals surface area (Å²) in [7, 11) is 0. The Morgan fingerprint density at radius 2 is 1.85 bits per heavy atom. The van der Waals surface area contributed by atoms with Gasteiger partial charge in [0.05, 0.1) is 17.2 Å². The zero-order valence-electron chi connectivity index (χ0n) is 14.3. The molecule has 9 heteroatoms. The smallest absolute Gasteiger partial charge is 0.344 e. The lowest BCUT2D eigenvalue weighted by Crippen LogP contribution is -2.09. The average Bonchev–Trinajstić information content (AvgIpc) is 3.00. The van der Waals surface area contributed by atoms with Gasteiger partial charge in [0.15, 0.2) is 0 Å². The van der Waals surface area contributed by atoms with Gasteiger partial charge < -0.3 is 10.5 Å². The fourth-order valence-electron chi connectivity index (χ4n) is 2.56. The summed E-state index contributed by atoms with van der Waals surface area (Å²) in [4.78, 5) is 22.8. The molecule has 3 rings (SSSR count).